The lowest BCUT2D eigenvalue weighted by atomic mass is 10.1. The molecule has 2 heterocycles. The van der Waals surface area contributed by atoms with Gasteiger partial charge in [0, 0.05) is 23.7 Å². The van der Waals surface area contributed by atoms with Gasteiger partial charge in [-0.3, -0.25) is 4.79 Å². The molecule has 0 bridgehead atoms. The Morgan fingerprint density at radius 2 is 2.14 bits per heavy atom. The van der Waals surface area contributed by atoms with Gasteiger partial charge in [0.25, 0.3) is 5.91 Å². The van der Waals surface area contributed by atoms with E-state index in [1.807, 2.05) is 12.1 Å². The minimum absolute atomic E-state index is 0.128. The number of hydrogen-bond donors (Lipinski definition) is 1. The summed E-state index contributed by atoms with van der Waals surface area (Å²) in [7, 11) is 0. The number of benzene rings is 1. The molecule has 3 rings (SSSR count). The quantitative estimate of drug-likeness (QED) is 0.932. The normalized spacial score (nSPS) is 17.6. The molecule has 5 heteroatoms. The molecule has 1 aliphatic rings. The Morgan fingerprint density at radius 1 is 1.36 bits per heavy atom. The van der Waals surface area contributed by atoms with Crippen LogP contribution in [0.3, 0.4) is 0 Å². The fourth-order valence-corrected chi connectivity index (χ4v) is 2.70. The van der Waals surface area contributed by atoms with Crippen molar-refractivity contribution in [2.45, 2.75) is 25.9 Å². The molecule has 1 atom stereocenters. The number of carbonyl (C=O) groups excluding carboxylic acids is 1. The summed E-state index contributed by atoms with van der Waals surface area (Å²) in [4.78, 5) is 12.3. The van der Waals surface area contributed by atoms with E-state index in [4.69, 9.17) is 20.8 Å². The topological polar surface area (TPSA) is 51.5 Å². The van der Waals surface area contributed by atoms with Gasteiger partial charge in [-0.05, 0) is 50.1 Å². The molecule has 0 aliphatic carbocycles. The zero-order chi connectivity index (χ0) is 15.5. The molecule has 1 fully saturated rings. The zero-order valence-corrected chi connectivity index (χ0v) is 13.2. The molecular weight excluding hydrogens is 302 g/mol. The van der Waals surface area contributed by atoms with Crippen LogP contribution in [0.4, 0.5) is 0 Å². The predicted octanol–water partition coefficient (Wildman–Crippen LogP) is 3.82. The maximum Gasteiger partial charge on any atom is 0.254 e. The Balaban J connectivity index is 1.71. The van der Waals surface area contributed by atoms with Crippen LogP contribution < -0.4 is 5.32 Å². The molecule has 0 saturated carbocycles. The van der Waals surface area contributed by atoms with Crippen LogP contribution in [0.1, 0.15) is 29.0 Å². The average molecular weight is 320 g/mol. The van der Waals surface area contributed by atoms with Gasteiger partial charge in [0.2, 0.25) is 0 Å². The number of ether oxygens (including phenoxy) is 1. The van der Waals surface area contributed by atoms with Crippen molar-refractivity contribution >= 4 is 17.5 Å². The molecule has 1 aliphatic heterocycles. The lowest BCUT2D eigenvalue weighted by molar-refractivity contribution is 0.0856. The van der Waals surface area contributed by atoms with Gasteiger partial charge in [-0.2, -0.15) is 0 Å². The predicted molar refractivity (Wildman–Crippen MR) is 85.2 cm³/mol. The monoisotopic (exact) mass is 319 g/mol. The molecule has 2 aromatic rings. The highest BCUT2D eigenvalue weighted by atomic mass is 35.5. The van der Waals surface area contributed by atoms with Crippen molar-refractivity contribution < 1.29 is 13.9 Å². The second kappa shape index (κ2) is 6.55. The molecule has 116 valence electrons. The van der Waals surface area contributed by atoms with Crippen LogP contribution in [0.5, 0.6) is 0 Å². The van der Waals surface area contributed by atoms with E-state index < -0.39 is 0 Å². The van der Waals surface area contributed by atoms with Gasteiger partial charge in [-0.1, -0.05) is 11.6 Å². The summed E-state index contributed by atoms with van der Waals surface area (Å²) < 4.78 is 11.2. The van der Waals surface area contributed by atoms with E-state index >= 15 is 0 Å². The van der Waals surface area contributed by atoms with E-state index in [0.717, 1.165) is 25.0 Å². The summed E-state index contributed by atoms with van der Waals surface area (Å²) >= 11 is 5.88. The number of aryl methyl sites for hydroxylation is 1. The lowest BCUT2D eigenvalue weighted by Crippen LogP contribution is -2.31. The summed E-state index contributed by atoms with van der Waals surface area (Å²) in [5, 5.41) is 3.58. The van der Waals surface area contributed by atoms with Crippen LogP contribution in [0.25, 0.3) is 11.3 Å². The van der Waals surface area contributed by atoms with Gasteiger partial charge < -0.3 is 14.5 Å². The standard InChI is InChI=1S/C17H18ClNO3/c1-11-15(17(20)19-10-14-3-2-8-21-14)9-16(22-11)12-4-6-13(18)7-5-12/h4-7,9,14H,2-3,8,10H2,1H3,(H,19,20). The van der Waals surface area contributed by atoms with Crippen molar-refractivity contribution in [2.75, 3.05) is 13.2 Å². The van der Waals surface area contributed by atoms with E-state index in [0.29, 0.717) is 28.7 Å². The average Bonchev–Trinajstić information content (AvgIpc) is 3.15. The number of nitrogens with one attached hydrogen (secondary N) is 1. The number of furan rings is 1. The molecule has 22 heavy (non-hydrogen) atoms. The highest BCUT2D eigenvalue weighted by Gasteiger charge is 2.19. The lowest BCUT2D eigenvalue weighted by Gasteiger charge is -2.10. The Kier molecular flexibility index (Phi) is 4.50. The third-order valence-corrected chi connectivity index (χ3v) is 4.06. The fourth-order valence-electron chi connectivity index (χ4n) is 2.57. The van der Waals surface area contributed by atoms with Crippen molar-refractivity contribution in [3.05, 3.63) is 46.7 Å². The van der Waals surface area contributed by atoms with Gasteiger partial charge in [0.15, 0.2) is 0 Å². The molecular formula is C17H18ClNO3. The zero-order valence-electron chi connectivity index (χ0n) is 12.4. The second-order valence-electron chi connectivity index (χ2n) is 5.43. The number of halogens is 1. The van der Waals surface area contributed by atoms with Crippen LogP contribution in [0.15, 0.2) is 34.7 Å². The Labute approximate surface area is 134 Å². The van der Waals surface area contributed by atoms with Crippen LogP contribution in [-0.2, 0) is 4.74 Å². The minimum atomic E-state index is -0.128. The Hall–Kier alpha value is -1.78. The molecule has 1 N–H and O–H groups in total. The van der Waals surface area contributed by atoms with Crippen molar-refractivity contribution in [3.8, 4) is 11.3 Å². The summed E-state index contributed by atoms with van der Waals surface area (Å²) in [6.07, 6.45) is 2.19. The summed E-state index contributed by atoms with van der Waals surface area (Å²) in [6.45, 7) is 3.12. The summed E-state index contributed by atoms with van der Waals surface area (Å²) in [5.41, 5.74) is 1.45. The Morgan fingerprint density at radius 3 is 2.82 bits per heavy atom. The van der Waals surface area contributed by atoms with Crippen LogP contribution >= 0.6 is 11.6 Å². The van der Waals surface area contributed by atoms with E-state index in [1.165, 1.54) is 0 Å². The van der Waals surface area contributed by atoms with Crippen LogP contribution in [-0.4, -0.2) is 25.2 Å². The van der Waals surface area contributed by atoms with Gasteiger partial charge in [-0.15, -0.1) is 0 Å². The van der Waals surface area contributed by atoms with Crippen molar-refractivity contribution in [1.29, 1.82) is 0 Å². The summed E-state index contributed by atoms with van der Waals surface area (Å²) in [6, 6.07) is 9.10. The van der Waals surface area contributed by atoms with E-state index in [1.54, 1.807) is 25.1 Å². The van der Waals surface area contributed by atoms with Crippen LogP contribution in [0, 0.1) is 6.92 Å². The van der Waals surface area contributed by atoms with Gasteiger partial charge in [0.05, 0.1) is 11.7 Å². The van der Waals surface area contributed by atoms with Gasteiger partial charge >= 0.3 is 0 Å². The van der Waals surface area contributed by atoms with Crippen molar-refractivity contribution in [1.82, 2.24) is 5.32 Å². The van der Waals surface area contributed by atoms with Crippen molar-refractivity contribution in [3.63, 3.8) is 0 Å². The first-order valence-corrected chi connectivity index (χ1v) is 7.77. The third-order valence-electron chi connectivity index (χ3n) is 3.81. The third kappa shape index (κ3) is 3.34. The second-order valence-corrected chi connectivity index (χ2v) is 5.87. The molecule has 1 aromatic carbocycles. The van der Waals surface area contributed by atoms with E-state index in [9.17, 15) is 4.79 Å². The maximum atomic E-state index is 12.3. The van der Waals surface area contributed by atoms with E-state index in [2.05, 4.69) is 5.32 Å². The SMILES string of the molecule is Cc1oc(-c2ccc(Cl)cc2)cc1C(=O)NCC1CCCO1. The first-order valence-electron chi connectivity index (χ1n) is 7.39. The first-order chi connectivity index (χ1) is 10.6. The number of hydrogen-bond acceptors (Lipinski definition) is 3. The molecule has 1 amide bonds. The molecule has 1 aromatic heterocycles. The molecule has 0 radical (unpaired) electrons. The maximum absolute atomic E-state index is 12.3. The molecule has 1 saturated heterocycles. The highest BCUT2D eigenvalue weighted by molar-refractivity contribution is 6.30. The minimum Gasteiger partial charge on any atom is -0.461 e. The smallest absolute Gasteiger partial charge is 0.254 e. The van der Waals surface area contributed by atoms with Crippen molar-refractivity contribution in [2.24, 2.45) is 0 Å². The number of amides is 1. The highest BCUT2D eigenvalue weighted by Crippen LogP contribution is 2.26. The Bertz CT molecular complexity index is 657. The first kappa shape index (κ1) is 15.1. The largest absolute Gasteiger partial charge is 0.461 e. The van der Waals surface area contributed by atoms with Gasteiger partial charge in [-0.25, -0.2) is 0 Å². The fraction of sp³-hybridized carbons (Fsp3) is 0.353. The number of rotatable bonds is 4. The molecule has 1 unspecified atom stereocenters. The molecule has 0 spiro atoms. The van der Waals surface area contributed by atoms with E-state index in [-0.39, 0.29) is 12.0 Å². The summed E-state index contributed by atoms with van der Waals surface area (Å²) in [5.74, 6) is 1.14. The number of carbonyl (C=O) groups is 1. The molecule has 4 nitrogen and oxygen atoms in total. The van der Waals surface area contributed by atoms with Gasteiger partial charge in [0.1, 0.15) is 11.5 Å². The van der Waals surface area contributed by atoms with Crippen LogP contribution in [0.2, 0.25) is 5.02 Å².